The predicted molar refractivity (Wildman–Crippen MR) is 184 cm³/mol. The van der Waals surface area contributed by atoms with Crippen LogP contribution in [0.5, 0.6) is 5.75 Å². The van der Waals surface area contributed by atoms with E-state index < -0.39 is 0 Å². The molecular weight excluding hydrogens is 626 g/mol. The molecule has 45 heavy (non-hydrogen) atoms. The molecule has 2 heterocycles. The monoisotopic (exact) mass is 649 g/mol. The van der Waals surface area contributed by atoms with Crippen molar-refractivity contribution in [2.24, 2.45) is 5.10 Å². The first kappa shape index (κ1) is 27.0. The van der Waals surface area contributed by atoms with Crippen LogP contribution in [0.2, 0.25) is 0 Å². The molecule has 0 unspecified atom stereocenters. The Labute approximate surface area is 266 Å². The van der Waals surface area contributed by atoms with Crippen LogP contribution < -0.4 is 10.3 Å². The van der Waals surface area contributed by atoms with E-state index in [-0.39, 0.29) is 5.56 Å². The normalized spacial score (nSPS) is 11.8. The van der Waals surface area contributed by atoms with E-state index in [0.717, 1.165) is 42.5 Å². The summed E-state index contributed by atoms with van der Waals surface area (Å²) in [7, 11) is 0. The molecule has 2 aromatic heterocycles. The van der Waals surface area contributed by atoms with E-state index in [1.165, 1.54) is 4.68 Å². The van der Waals surface area contributed by atoms with E-state index in [0.29, 0.717) is 40.4 Å². The first-order valence-corrected chi connectivity index (χ1v) is 15.3. The molecule has 0 aliphatic carbocycles. The van der Waals surface area contributed by atoms with E-state index in [9.17, 15) is 4.79 Å². The van der Waals surface area contributed by atoms with E-state index >= 15 is 0 Å². The van der Waals surface area contributed by atoms with Crippen LogP contribution in [-0.4, -0.2) is 15.9 Å². The Bertz CT molecular complexity index is 2490. The fourth-order valence-electron chi connectivity index (χ4n) is 5.74. The van der Waals surface area contributed by atoms with Gasteiger partial charge in [-0.15, -0.1) is 0 Å². The van der Waals surface area contributed by atoms with Gasteiger partial charge in [-0.05, 0) is 69.6 Å². The molecule has 216 valence electrons. The maximum Gasteiger partial charge on any atom is 0.282 e. The number of nitrogens with zero attached hydrogens (tertiary/aromatic N) is 3. The number of ether oxygens (including phenoxy) is 1. The van der Waals surface area contributed by atoms with Gasteiger partial charge in [-0.2, -0.15) is 9.78 Å². The highest BCUT2D eigenvalue weighted by molar-refractivity contribution is 9.10. The fourth-order valence-corrected chi connectivity index (χ4v) is 6.12. The molecule has 0 atom stereocenters. The average Bonchev–Trinajstić information content (AvgIpc) is 3.50. The van der Waals surface area contributed by atoms with Crippen LogP contribution in [0.25, 0.3) is 55.0 Å². The van der Waals surface area contributed by atoms with Gasteiger partial charge in [0, 0.05) is 15.4 Å². The number of halogens is 1. The van der Waals surface area contributed by atoms with Gasteiger partial charge in [0.15, 0.2) is 5.76 Å². The van der Waals surface area contributed by atoms with Crippen molar-refractivity contribution in [3.63, 3.8) is 0 Å². The number of para-hydroxylation sites is 1. The Morgan fingerprint density at radius 3 is 2.36 bits per heavy atom. The van der Waals surface area contributed by atoms with E-state index in [1.807, 2.05) is 97.1 Å². The minimum Gasteiger partial charge on any atom is -0.488 e. The molecule has 8 aromatic rings. The lowest BCUT2D eigenvalue weighted by atomic mass is 10.0. The van der Waals surface area contributed by atoms with Gasteiger partial charge in [0.25, 0.3) is 5.56 Å². The van der Waals surface area contributed by atoms with Gasteiger partial charge in [0.1, 0.15) is 17.9 Å². The van der Waals surface area contributed by atoms with Crippen molar-refractivity contribution in [3.05, 3.63) is 153 Å². The Balaban J connectivity index is 1.27. The smallest absolute Gasteiger partial charge is 0.282 e. The van der Waals surface area contributed by atoms with Gasteiger partial charge in [-0.3, -0.25) is 4.79 Å². The Kier molecular flexibility index (Phi) is 6.73. The number of aromatic nitrogens is 2. The van der Waals surface area contributed by atoms with Gasteiger partial charge in [-0.25, -0.2) is 4.98 Å². The summed E-state index contributed by atoms with van der Waals surface area (Å²) in [6, 6.07) is 41.4. The van der Waals surface area contributed by atoms with Gasteiger partial charge in [0.05, 0.1) is 17.1 Å². The lowest BCUT2D eigenvalue weighted by Crippen LogP contribution is -2.20. The summed E-state index contributed by atoms with van der Waals surface area (Å²) in [6.07, 6.45) is 1.68. The first-order chi connectivity index (χ1) is 22.1. The quantitative estimate of drug-likeness (QED) is 0.168. The molecule has 0 bridgehead atoms. The number of benzene rings is 6. The van der Waals surface area contributed by atoms with Crippen LogP contribution in [-0.2, 0) is 6.61 Å². The molecule has 7 heteroatoms. The highest BCUT2D eigenvalue weighted by Crippen LogP contribution is 2.31. The number of rotatable bonds is 6. The maximum absolute atomic E-state index is 13.9. The van der Waals surface area contributed by atoms with Crippen LogP contribution in [0.15, 0.2) is 146 Å². The minimum absolute atomic E-state index is 0.299. The molecule has 0 N–H and O–H groups in total. The van der Waals surface area contributed by atoms with Crippen molar-refractivity contribution in [1.29, 1.82) is 0 Å². The molecule has 0 saturated carbocycles. The second-order valence-corrected chi connectivity index (χ2v) is 11.6. The Morgan fingerprint density at radius 2 is 1.49 bits per heavy atom. The highest BCUT2D eigenvalue weighted by Gasteiger charge is 2.17. The molecule has 8 rings (SSSR count). The summed E-state index contributed by atoms with van der Waals surface area (Å²) in [6.45, 7) is 0.373. The topological polar surface area (TPSA) is 69.6 Å². The summed E-state index contributed by atoms with van der Waals surface area (Å²) >= 11 is 3.53. The zero-order valence-electron chi connectivity index (χ0n) is 23.9. The molecule has 0 saturated heterocycles. The number of fused-ring (bicyclic) bond motifs is 4. The van der Waals surface area contributed by atoms with Gasteiger partial charge in [-0.1, -0.05) is 101 Å². The maximum atomic E-state index is 13.9. The average molecular weight is 651 g/mol. The molecule has 0 aliphatic rings. The van der Waals surface area contributed by atoms with Crippen LogP contribution in [0.4, 0.5) is 0 Å². The minimum atomic E-state index is -0.299. The zero-order valence-corrected chi connectivity index (χ0v) is 25.4. The third kappa shape index (κ3) is 4.97. The largest absolute Gasteiger partial charge is 0.488 e. The molecule has 6 aromatic carbocycles. The molecule has 0 amide bonds. The summed E-state index contributed by atoms with van der Waals surface area (Å²) < 4.78 is 14.9. The van der Waals surface area contributed by atoms with Crippen molar-refractivity contribution in [2.45, 2.75) is 6.61 Å². The van der Waals surface area contributed by atoms with Crippen molar-refractivity contribution in [1.82, 2.24) is 9.66 Å². The Morgan fingerprint density at radius 1 is 0.756 bits per heavy atom. The lowest BCUT2D eigenvalue weighted by Gasteiger charge is -2.13. The van der Waals surface area contributed by atoms with E-state index in [2.05, 4.69) is 40.2 Å². The molecule has 0 spiro atoms. The second kappa shape index (κ2) is 11.2. The van der Waals surface area contributed by atoms with Crippen LogP contribution >= 0.6 is 15.9 Å². The SMILES string of the molecule is O=c1c2ccccc2nc(-c2cc3cc(Br)ccc3o2)n1N=Cc1c(OCc2cccc3ccccc23)ccc2ccccc12. The molecular formula is C38H24BrN3O3. The standard InChI is InChI=1S/C38H24BrN3O3/c39-28-17-19-34-27(20-28)21-36(45-34)37-41-33-15-6-5-14-31(33)38(43)42(37)40-22-32-30-13-4-2-9-25(30)16-18-35(32)44-23-26-11-7-10-24-8-1-3-12-29(24)26/h1-22H,23H2. The predicted octanol–water partition coefficient (Wildman–Crippen LogP) is 9.34. The molecule has 0 radical (unpaired) electrons. The van der Waals surface area contributed by atoms with Gasteiger partial charge >= 0.3 is 0 Å². The first-order valence-electron chi connectivity index (χ1n) is 14.5. The molecule has 6 nitrogen and oxygen atoms in total. The van der Waals surface area contributed by atoms with Crippen LogP contribution in [0, 0.1) is 0 Å². The van der Waals surface area contributed by atoms with Crippen molar-refractivity contribution < 1.29 is 9.15 Å². The number of furan rings is 1. The van der Waals surface area contributed by atoms with E-state index in [4.69, 9.17) is 19.2 Å². The van der Waals surface area contributed by atoms with Gasteiger partial charge < -0.3 is 9.15 Å². The van der Waals surface area contributed by atoms with Crippen molar-refractivity contribution in [3.8, 4) is 17.3 Å². The summed E-state index contributed by atoms with van der Waals surface area (Å²) in [4.78, 5) is 18.8. The summed E-state index contributed by atoms with van der Waals surface area (Å²) in [5.41, 5.74) is 2.79. The lowest BCUT2D eigenvalue weighted by molar-refractivity contribution is 0.307. The van der Waals surface area contributed by atoms with Crippen LogP contribution in [0.3, 0.4) is 0 Å². The second-order valence-electron chi connectivity index (χ2n) is 10.7. The van der Waals surface area contributed by atoms with Gasteiger partial charge in [0.2, 0.25) is 5.82 Å². The number of hydrogen-bond acceptors (Lipinski definition) is 5. The third-order valence-corrected chi connectivity index (χ3v) is 8.44. The van der Waals surface area contributed by atoms with Crippen molar-refractivity contribution in [2.75, 3.05) is 0 Å². The van der Waals surface area contributed by atoms with Crippen molar-refractivity contribution >= 4 is 65.6 Å². The fraction of sp³-hybridized carbons (Fsp3) is 0.0263. The highest BCUT2D eigenvalue weighted by atomic mass is 79.9. The number of hydrogen-bond donors (Lipinski definition) is 0. The zero-order chi connectivity index (χ0) is 30.3. The summed E-state index contributed by atoms with van der Waals surface area (Å²) in [5.74, 6) is 1.40. The molecule has 0 fully saturated rings. The summed E-state index contributed by atoms with van der Waals surface area (Å²) in [5, 5.41) is 10.4. The van der Waals surface area contributed by atoms with Crippen LogP contribution in [0.1, 0.15) is 11.1 Å². The Hall–Kier alpha value is -5.53. The third-order valence-electron chi connectivity index (χ3n) is 7.95. The molecule has 0 aliphatic heterocycles. The van der Waals surface area contributed by atoms with E-state index in [1.54, 1.807) is 12.3 Å².